The molecule has 0 aromatic heterocycles. The zero-order chi connectivity index (χ0) is 29.6. The van der Waals surface area contributed by atoms with Gasteiger partial charge in [0, 0.05) is 24.0 Å². The average Bonchev–Trinajstić information content (AvgIpc) is 3.44. The molecule has 5 aliphatic rings. The van der Waals surface area contributed by atoms with Gasteiger partial charge < -0.3 is 20.7 Å². The molecule has 0 aromatic rings. The van der Waals surface area contributed by atoms with Crippen molar-refractivity contribution in [2.45, 2.75) is 137 Å². The van der Waals surface area contributed by atoms with Crippen LogP contribution in [0.5, 0.6) is 0 Å². The van der Waals surface area contributed by atoms with Gasteiger partial charge in [0.15, 0.2) is 5.78 Å². The number of rotatable bonds is 3. The zero-order valence-electron chi connectivity index (χ0n) is 26.1. The summed E-state index contributed by atoms with van der Waals surface area (Å²) in [6, 6.07) is 0. The van der Waals surface area contributed by atoms with Crippen molar-refractivity contribution < 1.29 is 24.5 Å². The normalized spacial score (nSPS) is 49.6. The molecule has 0 aromatic carbocycles. The van der Waals surface area contributed by atoms with Crippen molar-refractivity contribution in [3.8, 4) is 0 Å². The maximum Gasteiger partial charge on any atom is 0.303 e. The van der Waals surface area contributed by atoms with E-state index in [1.54, 1.807) is 6.92 Å². The minimum absolute atomic E-state index is 0.0387. The Hall–Kier alpha value is -1.50. The van der Waals surface area contributed by atoms with Crippen molar-refractivity contribution >= 4 is 11.8 Å². The number of carbonyl (C=O) groups excluding carboxylic acids is 2. The Balaban J connectivity index is 1.65. The highest BCUT2D eigenvalue weighted by atomic mass is 16.5. The number of Topliss-reactive ketones (excluding diaryl/α,β-unsaturated/α-hetero) is 1. The molecule has 224 valence electrons. The SMILES string of the molecule is CC(=O)O[C@H]1C[C@@]2(C)[C@@H](C[C@@H](O)[C@@H]3[C@]2(C)CC[C@@]2(N)[C@H](C)[C@H](O)CC[C@]32C)/C1=C(/C(C)=O)C1CCC(=C(C)C)C1. The van der Waals surface area contributed by atoms with Crippen LogP contribution in [0.15, 0.2) is 22.3 Å². The predicted molar refractivity (Wildman–Crippen MR) is 156 cm³/mol. The number of allylic oxidation sites excluding steroid dienone is 3. The van der Waals surface area contributed by atoms with Crippen LogP contribution in [0.3, 0.4) is 0 Å². The molecule has 6 nitrogen and oxygen atoms in total. The molecule has 4 N–H and O–H groups in total. The molecular weight excluding hydrogens is 502 g/mol. The first-order valence-corrected chi connectivity index (χ1v) is 15.7. The van der Waals surface area contributed by atoms with Crippen LogP contribution < -0.4 is 5.73 Å². The van der Waals surface area contributed by atoms with E-state index in [1.807, 2.05) is 0 Å². The number of hydrogen-bond donors (Lipinski definition) is 3. The van der Waals surface area contributed by atoms with Crippen molar-refractivity contribution in [3.63, 3.8) is 0 Å². The van der Waals surface area contributed by atoms with Gasteiger partial charge in [0.25, 0.3) is 0 Å². The Kier molecular flexibility index (Phi) is 7.32. The number of esters is 1. The summed E-state index contributed by atoms with van der Waals surface area (Å²) in [5, 5.41) is 23.0. The standard InChI is InChI=1S/C34H53NO5/c1-18(2)22-9-10-23(15-22)28(20(4)36)29-24-16-26(39)30-31(6,33(24,8)17-27(29)40-21(5)37)13-14-34(35)19(3)25(38)11-12-32(30,34)7/h19,23-27,30,38-39H,9-17,35H2,1-8H3/b29-28+/t19-,23?,24+,25-,26-,27+,30-,31+,32-,33+,34-/m1/s1. The molecule has 5 fully saturated rings. The van der Waals surface area contributed by atoms with E-state index in [0.29, 0.717) is 19.3 Å². The van der Waals surface area contributed by atoms with E-state index in [0.717, 1.165) is 49.7 Å². The van der Waals surface area contributed by atoms with Crippen LogP contribution in [0.25, 0.3) is 0 Å². The summed E-state index contributed by atoms with van der Waals surface area (Å²) in [4.78, 5) is 25.9. The summed E-state index contributed by atoms with van der Waals surface area (Å²) in [6.07, 6.45) is 5.68. The van der Waals surface area contributed by atoms with Gasteiger partial charge >= 0.3 is 5.97 Å². The van der Waals surface area contributed by atoms with E-state index in [1.165, 1.54) is 18.1 Å². The summed E-state index contributed by atoms with van der Waals surface area (Å²) in [7, 11) is 0. The lowest BCUT2D eigenvalue weighted by molar-refractivity contribution is -0.241. The summed E-state index contributed by atoms with van der Waals surface area (Å²) < 4.78 is 6.09. The van der Waals surface area contributed by atoms with E-state index in [-0.39, 0.29) is 51.7 Å². The van der Waals surface area contributed by atoms with E-state index in [4.69, 9.17) is 10.5 Å². The smallest absolute Gasteiger partial charge is 0.303 e. The quantitative estimate of drug-likeness (QED) is 0.236. The van der Waals surface area contributed by atoms with Gasteiger partial charge in [-0.25, -0.2) is 0 Å². The summed E-state index contributed by atoms with van der Waals surface area (Å²) in [6.45, 7) is 16.5. The largest absolute Gasteiger partial charge is 0.458 e. The van der Waals surface area contributed by atoms with Gasteiger partial charge in [0.1, 0.15) is 6.10 Å². The fourth-order valence-corrected chi connectivity index (χ4v) is 11.1. The molecular formula is C34H53NO5. The van der Waals surface area contributed by atoms with Crippen molar-refractivity contribution in [1.29, 1.82) is 0 Å². The van der Waals surface area contributed by atoms with Crippen molar-refractivity contribution in [3.05, 3.63) is 22.3 Å². The molecule has 0 saturated heterocycles. The van der Waals surface area contributed by atoms with E-state index in [2.05, 4.69) is 41.5 Å². The second-order valence-corrected chi connectivity index (χ2v) is 15.3. The molecule has 1 unspecified atom stereocenters. The molecule has 0 radical (unpaired) electrons. The van der Waals surface area contributed by atoms with Gasteiger partial charge in [-0.2, -0.15) is 0 Å². The second-order valence-electron chi connectivity index (χ2n) is 15.3. The van der Waals surface area contributed by atoms with Gasteiger partial charge in [0.2, 0.25) is 0 Å². The molecule has 0 aliphatic heterocycles. The van der Waals surface area contributed by atoms with Crippen molar-refractivity contribution in [2.75, 3.05) is 0 Å². The number of nitrogens with two attached hydrogens (primary N) is 1. The Bertz CT molecular complexity index is 1150. The molecule has 0 amide bonds. The molecule has 0 heterocycles. The number of aliphatic hydroxyl groups excluding tert-OH is 2. The Morgan fingerprint density at radius 3 is 2.17 bits per heavy atom. The van der Waals surface area contributed by atoms with Gasteiger partial charge in [-0.05, 0) is 118 Å². The average molecular weight is 556 g/mol. The fourth-order valence-electron chi connectivity index (χ4n) is 11.1. The lowest BCUT2D eigenvalue weighted by Gasteiger charge is -2.71. The lowest BCUT2D eigenvalue weighted by Crippen LogP contribution is -2.75. The van der Waals surface area contributed by atoms with Crippen LogP contribution in [0, 0.1) is 39.9 Å². The van der Waals surface area contributed by atoms with Crippen molar-refractivity contribution in [1.82, 2.24) is 0 Å². The number of ether oxygens (including phenoxy) is 1. The monoisotopic (exact) mass is 555 g/mol. The highest BCUT2D eigenvalue weighted by Crippen LogP contribution is 2.75. The van der Waals surface area contributed by atoms with E-state index in [9.17, 15) is 19.8 Å². The molecule has 0 spiro atoms. The van der Waals surface area contributed by atoms with Crippen LogP contribution in [-0.2, 0) is 14.3 Å². The van der Waals surface area contributed by atoms with Crippen LogP contribution in [-0.4, -0.2) is 45.8 Å². The summed E-state index contributed by atoms with van der Waals surface area (Å²) in [5.74, 6) is -0.248. The highest BCUT2D eigenvalue weighted by Gasteiger charge is 2.73. The third kappa shape index (κ3) is 3.98. The summed E-state index contributed by atoms with van der Waals surface area (Å²) in [5.41, 5.74) is 10.5. The number of aliphatic hydroxyl groups is 2. The fraction of sp³-hybridized carbons (Fsp3) is 0.824. The minimum atomic E-state index is -0.588. The summed E-state index contributed by atoms with van der Waals surface area (Å²) >= 11 is 0. The Labute approximate surface area is 241 Å². The Morgan fingerprint density at radius 1 is 0.925 bits per heavy atom. The third-order valence-electron chi connectivity index (χ3n) is 13.5. The molecule has 5 rings (SSSR count). The highest BCUT2D eigenvalue weighted by molar-refractivity contribution is 5.95. The van der Waals surface area contributed by atoms with Gasteiger partial charge in [-0.3, -0.25) is 9.59 Å². The predicted octanol–water partition coefficient (Wildman–Crippen LogP) is 5.64. The minimum Gasteiger partial charge on any atom is -0.458 e. The first-order chi connectivity index (χ1) is 18.5. The molecule has 40 heavy (non-hydrogen) atoms. The van der Waals surface area contributed by atoms with E-state index >= 15 is 0 Å². The van der Waals surface area contributed by atoms with Crippen LogP contribution >= 0.6 is 0 Å². The number of ketones is 1. The molecule has 5 saturated carbocycles. The van der Waals surface area contributed by atoms with Gasteiger partial charge in [-0.1, -0.05) is 38.8 Å². The zero-order valence-corrected chi connectivity index (χ0v) is 26.1. The van der Waals surface area contributed by atoms with Crippen LogP contribution in [0.1, 0.15) is 113 Å². The molecule has 5 aliphatic carbocycles. The third-order valence-corrected chi connectivity index (χ3v) is 13.5. The van der Waals surface area contributed by atoms with Crippen LogP contribution in [0.2, 0.25) is 0 Å². The first-order valence-electron chi connectivity index (χ1n) is 15.7. The second kappa shape index (κ2) is 9.77. The number of fused-ring (bicyclic) bond motifs is 5. The van der Waals surface area contributed by atoms with Crippen LogP contribution in [0.4, 0.5) is 0 Å². The molecule has 0 bridgehead atoms. The first kappa shape index (κ1) is 30.0. The topological polar surface area (TPSA) is 110 Å². The Morgan fingerprint density at radius 2 is 1.60 bits per heavy atom. The van der Waals surface area contributed by atoms with Gasteiger partial charge in [0.05, 0.1) is 12.2 Å². The maximum absolute atomic E-state index is 13.5. The van der Waals surface area contributed by atoms with Gasteiger partial charge in [-0.15, -0.1) is 0 Å². The van der Waals surface area contributed by atoms with Crippen molar-refractivity contribution in [2.24, 2.45) is 45.7 Å². The number of carbonyl (C=O) groups is 2. The molecule has 11 atom stereocenters. The van der Waals surface area contributed by atoms with E-state index < -0.39 is 23.9 Å². The lowest BCUT2D eigenvalue weighted by atomic mass is 9.34. The number of hydrogen-bond acceptors (Lipinski definition) is 6. The molecule has 6 heteroatoms. The maximum atomic E-state index is 13.5.